The summed E-state index contributed by atoms with van der Waals surface area (Å²) in [6.07, 6.45) is 0. The van der Waals surface area contributed by atoms with E-state index in [0.717, 1.165) is 15.8 Å². The maximum Gasteiger partial charge on any atom is 0.270 e. The lowest BCUT2D eigenvalue weighted by atomic mass is 10.2. The van der Waals surface area contributed by atoms with Crippen molar-refractivity contribution in [3.63, 3.8) is 0 Å². The maximum absolute atomic E-state index is 12.6. The standard InChI is InChI=1S/C16H13ClN2OS/c1-19(11-5-3-2-4-6-11)16(20)15-14(18)12-8-7-10(17)9-13(12)21-15/h2-9H,18H2,1H3. The van der Waals surface area contributed by atoms with Gasteiger partial charge in [-0.05, 0) is 30.3 Å². The zero-order valence-corrected chi connectivity index (χ0v) is 12.9. The number of carbonyl (C=O) groups is 1. The Balaban J connectivity index is 2.04. The third-order valence-corrected chi connectivity index (χ3v) is 4.72. The number of hydrogen-bond acceptors (Lipinski definition) is 3. The van der Waals surface area contributed by atoms with Crippen LogP contribution in [0.2, 0.25) is 5.02 Å². The first kappa shape index (κ1) is 13.9. The van der Waals surface area contributed by atoms with Crippen LogP contribution in [0.3, 0.4) is 0 Å². The van der Waals surface area contributed by atoms with E-state index in [0.29, 0.717) is 15.6 Å². The summed E-state index contributed by atoms with van der Waals surface area (Å²) in [4.78, 5) is 14.8. The third-order valence-electron chi connectivity index (χ3n) is 3.33. The molecular formula is C16H13ClN2OS. The van der Waals surface area contributed by atoms with Crippen molar-refractivity contribution in [2.24, 2.45) is 0 Å². The predicted octanol–water partition coefficient (Wildman–Crippen LogP) is 4.41. The fraction of sp³-hybridized carbons (Fsp3) is 0.0625. The van der Waals surface area contributed by atoms with E-state index in [1.165, 1.54) is 11.3 Å². The molecule has 0 saturated heterocycles. The molecule has 0 aliphatic rings. The van der Waals surface area contributed by atoms with E-state index in [4.69, 9.17) is 17.3 Å². The van der Waals surface area contributed by atoms with Gasteiger partial charge in [0.1, 0.15) is 4.88 Å². The molecule has 21 heavy (non-hydrogen) atoms. The molecule has 0 atom stereocenters. The van der Waals surface area contributed by atoms with E-state index in [1.807, 2.05) is 42.5 Å². The van der Waals surface area contributed by atoms with Gasteiger partial charge in [0.25, 0.3) is 5.91 Å². The van der Waals surface area contributed by atoms with Gasteiger partial charge in [-0.15, -0.1) is 11.3 Å². The Kier molecular flexibility index (Phi) is 3.57. The van der Waals surface area contributed by atoms with Gasteiger partial charge in [-0.2, -0.15) is 0 Å². The molecule has 1 heterocycles. The van der Waals surface area contributed by atoms with Gasteiger partial charge in [-0.25, -0.2) is 0 Å². The molecule has 3 aromatic rings. The average molecular weight is 317 g/mol. The van der Waals surface area contributed by atoms with Crippen LogP contribution in [0.4, 0.5) is 11.4 Å². The van der Waals surface area contributed by atoms with Crippen LogP contribution in [-0.4, -0.2) is 13.0 Å². The van der Waals surface area contributed by atoms with Gasteiger partial charge in [-0.3, -0.25) is 4.79 Å². The van der Waals surface area contributed by atoms with Crippen molar-refractivity contribution in [2.75, 3.05) is 17.7 Å². The van der Waals surface area contributed by atoms with E-state index in [2.05, 4.69) is 0 Å². The monoisotopic (exact) mass is 316 g/mol. The largest absolute Gasteiger partial charge is 0.397 e. The number of halogens is 1. The summed E-state index contributed by atoms with van der Waals surface area (Å²) >= 11 is 7.36. The minimum absolute atomic E-state index is 0.115. The summed E-state index contributed by atoms with van der Waals surface area (Å²) in [5, 5.41) is 1.51. The molecule has 1 aromatic heterocycles. The number of hydrogen-bond donors (Lipinski definition) is 1. The maximum atomic E-state index is 12.6. The molecule has 3 nitrogen and oxygen atoms in total. The highest BCUT2D eigenvalue weighted by Crippen LogP contribution is 2.36. The third kappa shape index (κ3) is 2.48. The number of fused-ring (bicyclic) bond motifs is 1. The van der Waals surface area contributed by atoms with E-state index in [9.17, 15) is 4.79 Å². The van der Waals surface area contributed by atoms with Crippen LogP contribution >= 0.6 is 22.9 Å². The van der Waals surface area contributed by atoms with Crippen molar-refractivity contribution in [3.05, 3.63) is 58.4 Å². The molecule has 0 aliphatic carbocycles. The lowest BCUT2D eigenvalue weighted by molar-refractivity contribution is 0.0997. The normalized spacial score (nSPS) is 10.8. The van der Waals surface area contributed by atoms with Crippen LogP contribution in [-0.2, 0) is 0 Å². The number of nitrogens with two attached hydrogens (primary N) is 1. The van der Waals surface area contributed by atoms with Gasteiger partial charge in [0.05, 0.1) is 5.69 Å². The van der Waals surface area contributed by atoms with Gasteiger partial charge in [0.15, 0.2) is 0 Å². The SMILES string of the molecule is CN(C(=O)c1sc2cc(Cl)ccc2c1N)c1ccccc1. The van der Waals surface area contributed by atoms with E-state index in [-0.39, 0.29) is 5.91 Å². The number of para-hydroxylation sites is 1. The summed E-state index contributed by atoms with van der Waals surface area (Å²) in [5.41, 5.74) is 7.47. The second kappa shape index (κ2) is 5.39. The molecule has 2 aromatic carbocycles. The first-order chi connectivity index (χ1) is 10.1. The summed E-state index contributed by atoms with van der Waals surface area (Å²) in [7, 11) is 1.74. The van der Waals surface area contributed by atoms with Crippen LogP contribution in [0.25, 0.3) is 10.1 Å². The van der Waals surface area contributed by atoms with Gasteiger partial charge in [0.2, 0.25) is 0 Å². The van der Waals surface area contributed by atoms with Crippen LogP contribution in [0, 0.1) is 0 Å². The quantitative estimate of drug-likeness (QED) is 0.761. The van der Waals surface area contributed by atoms with Gasteiger partial charge in [0, 0.05) is 27.8 Å². The Morgan fingerprint density at radius 3 is 2.62 bits per heavy atom. The first-order valence-electron chi connectivity index (χ1n) is 6.38. The van der Waals surface area contributed by atoms with Crippen LogP contribution in [0.5, 0.6) is 0 Å². The molecule has 106 valence electrons. The average Bonchev–Trinajstić information content (AvgIpc) is 2.83. The first-order valence-corrected chi connectivity index (χ1v) is 7.58. The fourth-order valence-corrected chi connectivity index (χ4v) is 3.55. The molecule has 1 amide bonds. The number of anilines is 2. The van der Waals surface area contributed by atoms with Gasteiger partial charge >= 0.3 is 0 Å². The lowest BCUT2D eigenvalue weighted by Gasteiger charge is -2.16. The van der Waals surface area contributed by atoms with Gasteiger partial charge < -0.3 is 10.6 Å². The predicted molar refractivity (Wildman–Crippen MR) is 90.4 cm³/mol. The van der Waals surface area contributed by atoms with Crippen molar-refractivity contribution in [3.8, 4) is 0 Å². The molecular weight excluding hydrogens is 304 g/mol. The molecule has 0 fully saturated rings. The summed E-state index contributed by atoms with van der Waals surface area (Å²) in [5.74, 6) is -0.115. The molecule has 0 radical (unpaired) electrons. The Bertz CT molecular complexity index is 814. The summed E-state index contributed by atoms with van der Waals surface area (Å²) in [6, 6.07) is 14.9. The molecule has 5 heteroatoms. The molecule has 3 rings (SSSR count). The van der Waals surface area contributed by atoms with Crippen molar-refractivity contribution in [2.45, 2.75) is 0 Å². The molecule has 0 spiro atoms. The number of rotatable bonds is 2. The van der Waals surface area contributed by atoms with Crippen molar-refractivity contribution >= 4 is 50.3 Å². The minimum atomic E-state index is -0.115. The van der Waals surface area contributed by atoms with Crippen molar-refractivity contribution in [1.82, 2.24) is 0 Å². The highest BCUT2D eigenvalue weighted by atomic mass is 35.5. The fourth-order valence-electron chi connectivity index (χ4n) is 2.17. The minimum Gasteiger partial charge on any atom is -0.397 e. The summed E-state index contributed by atoms with van der Waals surface area (Å²) < 4.78 is 0.921. The second-order valence-electron chi connectivity index (χ2n) is 4.69. The number of nitrogen functional groups attached to an aromatic ring is 1. The van der Waals surface area contributed by atoms with E-state index >= 15 is 0 Å². The zero-order valence-electron chi connectivity index (χ0n) is 11.3. The summed E-state index contributed by atoms with van der Waals surface area (Å²) in [6.45, 7) is 0. The number of nitrogens with zero attached hydrogens (tertiary/aromatic N) is 1. The zero-order chi connectivity index (χ0) is 15.0. The number of carbonyl (C=O) groups excluding carboxylic acids is 1. The molecule has 0 aliphatic heterocycles. The van der Waals surface area contributed by atoms with Crippen LogP contribution < -0.4 is 10.6 Å². The number of amides is 1. The number of benzene rings is 2. The van der Waals surface area contributed by atoms with Crippen molar-refractivity contribution < 1.29 is 4.79 Å². The Morgan fingerprint density at radius 1 is 1.19 bits per heavy atom. The Morgan fingerprint density at radius 2 is 1.90 bits per heavy atom. The number of thiophene rings is 1. The molecule has 0 saturated carbocycles. The second-order valence-corrected chi connectivity index (χ2v) is 6.17. The van der Waals surface area contributed by atoms with Crippen LogP contribution in [0.15, 0.2) is 48.5 Å². The van der Waals surface area contributed by atoms with E-state index in [1.54, 1.807) is 18.0 Å². The Hall–Kier alpha value is -2.04. The van der Waals surface area contributed by atoms with Crippen molar-refractivity contribution in [1.29, 1.82) is 0 Å². The van der Waals surface area contributed by atoms with Crippen LogP contribution in [0.1, 0.15) is 9.67 Å². The molecule has 0 bridgehead atoms. The molecule has 2 N–H and O–H groups in total. The molecule has 0 unspecified atom stereocenters. The van der Waals surface area contributed by atoms with E-state index < -0.39 is 0 Å². The van der Waals surface area contributed by atoms with Gasteiger partial charge in [-0.1, -0.05) is 29.8 Å². The Labute approximate surface area is 131 Å². The topological polar surface area (TPSA) is 46.3 Å². The highest BCUT2D eigenvalue weighted by molar-refractivity contribution is 7.21. The highest BCUT2D eigenvalue weighted by Gasteiger charge is 2.20. The lowest BCUT2D eigenvalue weighted by Crippen LogP contribution is -2.25. The smallest absolute Gasteiger partial charge is 0.270 e.